The number of ether oxygens (including phenoxy) is 1. The summed E-state index contributed by atoms with van der Waals surface area (Å²) in [5.41, 5.74) is -0.948. The van der Waals surface area contributed by atoms with Gasteiger partial charge in [-0.05, 0) is 51.4 Å². The maximum absolute atomic E-state index is 13.2. The maximum Gasteiger partial charge on any atom is 0.389 e. The third-order valence-electron chi connectivity index (χ3n) is 6.48. The highest BCUT2D eigenvalue weighted by Crippen LogP contribution is 2.38. The first-order valence-corrected chi connectivity index (χ1v) is 13.5. The van der Waals surface area contributed by atoms with Crippen molar-refractivity contribution in [3.63, 3.8) is 0 Å². The molecule has 2 aromatic rings. The van der Waals surface area contributed by atoms with Gasteiger partial charge in [-0.15, -0.1) is 0 Å². The molecule has 3 rings (SSSR count). The van der Waals surface area contributed by atoms with Crippen molar-refractivity contribution >= 4 is 29.1 Å². The largest absolute Gasteiger partial charge is 0.434 e. The maximum atomic E-state index is 13.2. The van der Waals surface area contributed by atoms with E-state index in [1.165, 1.54) is 10.9 Å². The molecule has 40 heavy (non-hydrogen) atoms. The highest BCUT2D eigenvalue weighted by atomic mass is 35.5. The van der Waals surface area contributed by atoms with Crippen LogP contribution in [0.15, 0.2) is 12.3 Å². The van der Waals surface area contributed by atoms with E-state index in [0.29, 0.717) is 18.8 Å². The summed E-state index contributed by atoms with van der Waals surface area (Å²) in [5, 5.41) is 17.5. The van der Waals surface area contributed by atoms with Crippen LogP contribution in [0, 0.1) is 5.92 Å². The van der Waals surface area contributed by atoms with E-state index in [1.807, 2.05) is 0 Å². The summed E-state index contributed by atoms with van der Waals surface area (Å²) in [4.78, 5) is 17.0. The number of pyridine rings is 1. The smallest absolute Gasteiger partial charge is 0.389 e. The number of amides is 1. The monoisotopic (exact) mass is 616 g/mol. The van der Waals surface area contributed by atoms with Crippen molar-refractivity contribution in [3.8, 4) is 17.0 Å². The Morgan fingerprint density at radius 2 is 1.95 bits per heavy atom. The van der Waals surface area contributed by atoms with Crippen LogP contribution in [-0.4, -0.2) is 59.1 Å². The van der Waals surface area contributed by atoms with E-state index in [1.54, 1.807) is 6.92 Å². The summed E-state index contributed by atoms with van der Waals surface area (Å²) in [6.07, 6.45) is -1.81. The minimum Gasteiger partial charge on any atom is -0.434 e. The van der Waals surface area contributed by atoms with Crippen LogP contribution in [0.5, 0.6) is 5.75 Å². The molecule has 2 N–H and O–H groups in total. The number of aromatic nitrogens is 3. The molecule has 9 nitrogen and oxygen atoms in total. The number of alkyl halides is 5. The molecule has 0 radical (unpaired) electrons. The number of hydrogen-bond donors (Lipinski definition) is 2. The van der Waals surface area contributed by atoms with Crippen molar-refractivity contribution in [1.29, 1.82) is 0 Å². The van der Waals surface area contributed by atoms with Crippen LogP contribution < -0.4 is 10.1 Å². The highest BCUT2D eigenvalue weighted by Gasteiger charge is 2.33. The summed E-state index contributed by atoms with van der Waals surface area (Å²) < 4.78 is 86.3. The van der Waals surface area contributed by atoms with Gasteiger partial charge < -0.3 is 15.2 Å². The SMILES string of the molecule is CCn1nc(C(=O)NCC2(O)CCC(C)CC2)c(Cl)c1-c1cnc(CCCC(F)(F)F)cc1OC(F)F.O=S=O. The van der Waals surface area contributed by atoms with Crippen LogP contribution in [0.4, 0.5) is 22.0 Å². The summed E-state index contributed by atoms with van der Waals surface area (Å²) >= 11 is 5.74. The van der Waals surface area contributed by atoms with Crippen LogP contribution in [0.3, 0.4) is 0 Å². The van der Waals surface area contributed by atoms with Crippen LogP contribution in [0.25, 0.3) is 11.3 Å². The van der Waals surface area contributed by atoms with Gasteiger partial charge in [-0.2, -0.15) is 35.5 Å². The molecule has 0 unspecified atom stereocenters. The topological polar surface area (TPSA) is 123 Å². The molecule has 0 bridgehead atoms. The van der Waals surface area contributed by atoms with Gasteiger partial charge in [0.15, 0.2) is 5.69 Å². The molecule has 0 aliphatic heterocycles. The van der Waals surface area contributed by atoms with Crippen molar-refractivity contribution in [2.24, 2.45) is 5.92 Å². The molecule has 2 heterocycles. The van der Waals surface area contributed by atoms with Gasteiger partial charge in [-0.3, -0.25) is 14.5 Å². The second-order valence-corrected chi connectivity index (χ2v) is 10.0. The Labute approximate surface area is 236 Å². The molecule has 0 saturated heterocycles. The average molecular weight is 617 g/mol. The first-order chi connectivity index (χ1) is 18.7. The van der Waals surface area contributed by atoms with Crippen molar-refractivity contribution < 1.29 is 45.0 Å². The molecule has 1 aliphatic carbocycles. The molecule has 0 aromatic carbocycles. The predicted octanol–water partition coefficient (Wildman–Crippen LogP) is 5.11. The van der Waals surface area contributed by atoms with Gasteiger partial charge >= 0.3 is 24.4 Å². The Kier molecular flexibility index (Phi) is 12.4. The number of aryl methyl sites for hydroxylation is 2. The van der Waals surface area contributed by atoms with Crippen molar-refractivity contribution in [3.05, 3.63) is 28.7 Å². The van der Waals surface area contributed by atoms with E-state index in [9.17, 15) is 31.9 Å². The Hall–Kier alpha value is -2.65. The number of nitrogens with zero attached hydrogens (tertiary/aromatic N) is 3. The van der Waals surface area contributed by atoms with Crippen LogP contribution >= 0.6 is 11.6 Å². The molecule has 1 aliphatic rings. The second kappa shape index (κ2) is 14.8. The quantitative estimate of drug-likeness (QED) is 0.356. The second-order valence-electron chi connectivity index (χ2n) is 9.50. The van der Waals surface area contributed by atoms with Gasteiger partial charge in [0.25, 0.3) is 5.91 Å². The molecule has 0 spiro atoms. The minimum absolute atomic E-state index is 0.0110. The molecule has 1 fully saturated rings. The third-order valence-corrected chi connectivity index (χ3v) is 6.84. The lowest BCUT2D eigenvalue weighted by molar-refractivity contribution is -0.135. The summed E-state index contributed by atoms with van der Waals surface area (Å²) in [5.74, 6) is -0.484. The number of halogens is 6. The molecule has 1 saturated carbocycles. The normalized spacial score (nSPS) is 19.1. The lowest BCUT2D eigenvalue weighted by atomic mass is 9.79. The van der Waals surface area contributed by atoms with E-state index < -0.39 is 42.3 Å². The van der Waals surface area contributed by atoms with Gasteiger partial charge in [0, 0.05) is 37.5 Å². The zero-order valence-corrected chi connectivity index (χ0v) is 23.3. The fraction of sp³-hybridized carbons (Fsp3) is 0.625. The van der Waals surface area contributed by atoms with Gasteiger partial charge in [-0.25, -0.2) is 0 Å². The summed E-state index contributed by atoms with van der Waals surface area (Å²) in [6, 6.07) is 1.14. The lowest BCUT2D eigenvalue weighted by Gasteiger charge is -2.34. The van der Waals surface area contributed by atoms with Gasteiger partial charge in [0.2, 0.25) is 0 Å². The van der Waals surface area contributed by atoms with Crippen molar-refractivity contribution in [2.75, 3.05) is 6.54 Å². The molecule has 2 aromatic heterocycles. The van der Waals surface area contributed by atoms with E-state index in [4.69, 9.17) is 20.0 Å². The number of hydrogen-bond acceptors (Lipinski definition) is 7. The first-order valence-electron chi connectivity index (χ1n) is 12.4. The lowest BCUT2D eigenvalue weighted by Crippen LogP contribution is -2.45. The van der Waals surface area contributed by atoms with E-state index in [-0.39, 0.29) is 59.3 Å². The Bertz CT molecular complexity index is 1180. The van der Waals surface area contributed by atoms with Crippen molar-refractivity contribution in [1.82, 2.24) is 20.1 Å². The van der Waals surface area contributed by atoms with Crippen LogP contribution in [0.2, 0.25) is 5.02 Å². The van der Waals surface area contributed by atoms with E-state index in [2.05, 4.69) is 27.1 Å². The zero-order chi connectivity index (χ0) is 30.1. The first kappa shape index (κ1) is 33.6. The number of rotatable bonds is 10. The number of nitrogens with one attached hydrogen (secondary N) is 1. The number of carbonyl (C=O) groups is 1. The Morgan fingerprint density at radius 3 is 2.50 bits per heavy atom. The summed E-state index contributed by atoms with van der Waals surface area (Å²) in [7, 11) is 0. The van der Waals surface area contributed by atoms with E-state index >= 15 is 0 Å². The van der Waals surface area contributed by atoms with Gasteiger partial charge in [0.05, 0.1) is 21.9 Å². The number of carbonyl (C=O) groups excluding carboxylic acids is 1. The van der Waals surface area contributed by atoms with Gasteiger partial charge in [0.1, 0.15) is 5.75 Å². The Balaban J connectivity index is 0.00000178. The standard InChI is InChI=1S/C24H30ClF5N4O3.O2S/c1-3-34-20(16-12-31-15(5-4-8-24(28,29)30)11-17(16)37-22(26)27)18(25)19(33-34)21(35)32-13-23(36)9-6-14(2)7-10-23;1-3-2/h11-12,14,22,36H,3-10,13H2,1-2H3,(H,32,35);. The zero-order valence-electron chi connectivity index (χ0n) is 21.8. The third kappa shape index (κ3) is 9.77. The molecular formula is C24H30ClF5N4O5S. The van der Waals surface area contributed by atoms with Crippen molar-refractivity contribution in [2.45, 2.75) is 83.7 Å². The minimum atomic E-state index is -4.34. The Morgan fingerprint density at radius 1 is 1.32 bits per heavy atom. The molecule has 16 heteroatoms. The predicted molar refractivity (Wildman–Crippen MR) is 136 cm³/mol. The highest BCUT2D eigenvalue weighted by molar-refractivity contribution is 7.51. The van der Waals surface area contributed by atoms with E-state index in [0.717, 1.165) is 18.9 Å². The fourth-order valence-electron chi connectivity index (χ4n) is 4.33. The summed E-state index contributed by atoms with van der Waals surface area (Å²) in [6.45, 7) is 0.811. The molecule has 0 atom stereocenters. The van der Waals surface area contributed by atoms with Gasteiger partial charge in [-0.1, -0.05) is 18.5 Å². The van der Waals surface area contributed by atoms with Crippen LogP contribution in [0.1, 0.15) is 68.6 Å². The van der Waals surface area contributed by atoms with Crippen LogP contribution in [-0.2, 0) is 24.5 Å². The average Bonchev–Trinajstić information content (AvgIpc) is 3.20. The fourth-order valence-corrected chi connectivity index (χ4v) is 4.65. The molecule has 1 amide bonds. The number of aliphatic hydroxyl groups is 1. The molecule has 224 valence electrons. The molecular weight excluding hydrogens is 587 g/mol.